The zero-order valence-electron chi connectivity index (χ0n) is 15.1. The van der Waals surface area contributed by atoms with Crippen molar-refractivity contribution in [1.82, 2.24) is 15.6 Å². The molecule has 0 aliphatic rings. The van der Waals surface area contributed by atoms with Crippen LogP contribution in [0, 0.1) is 6.92 Å². The van der Waals surface area contributed by atoms with E-state index < -0.39 is 0 Å². The van der Waals surface area contributed by atoms with Gasteiger partial charge < -0.3 is 10.6 Å². The van der Waals surface area contributed by atoms with Crippen molar-refractivity contribution >= 4 is 28.6 Å². The topological polar surface area (TPSA) is 49.3 Å². The minimum atomic E-state index is 0.106. The molecule has 0 aromatic carbocycles. The molecule has 4 nitrogen and oxygen atoms in total. The average Bonchev–Trinajstić information content (AvgIpc) is 3.22. The normalized spacial score (nSPS) is 12.4. The third-order valence-electron chi connectivity index (χ3n) is 3.89. The van der Waals surface area contributed by atoms with Crippen LogP contribution < -0.4 is 10.6 Å². The number of hydrogen-bond donors (Lipinski definition) is 2. The maximum Gasteiger partial charge on any atom is 0.191 e. The van der Waals surface area contributed by atoms with E-state index in [1.807, 2.05) is 18.4 Å². The van der Waals surface area contributed by atoms with Crippen LogP contribution in [0.5, 0.6) is 0 Å². The van der Waals surface area contributed by atoms with E-state index in [1.165, 1.54) is 9.88 Å². The molecule has 2 heterocycles. The smallest absolute Gasteiger partial charge is 0.191 e. The van der Waals surface area contributed by atoms with Gasteiger partial charge in [0.1, 0.15) is 0 Å². The highest BCUT2D eigenvalue weighted by Gasteiger charge is 2.21. The standard InChI is InChI=1S/C18H28N4S2/c1-14-12-24-16(22-14)9-5-6-10-20-17(19-4)21-13-18(2,3)15-8-7-11-23-15/h7-8,11-12H,5-6,9-10,13H2,1-4H3,(H2,19,20,21). The van der Waals surface area contributed by atoms with Gasteiger partial charge in [-0.15, -0.1) is 22.7 Å². The van der Waals surface area contributed by atoms with Gasteiger partial charge >= 0.3 is 0 Å². The number of aryl methyl sites for hydroxylation is 2. The summed E-state index contributed by atoms with van der Waals surface area (Å²) in [6.45, 7) is 8.37. The second-order valence-corrected chi connectivity index (χ2v) is 8.44. The summed E-state index contributed by atoms with van der Waals surface area (Å²) in [4.78, 5) is 10.2. The van der Waals surface area contributed by atoms with Crippen LogP contribution in [0.15, 0.2) is 27.9 Å². The molecule has 24 heavy (non-hydrogen) atoms. The summed E-state index contributed by atoms with van der Waals surface area (Å²) < 4.78 is 0. The number of nitrogens with zero attached hydrogens (tertiary/aromatic N) is 2. The van der Waals surface area contributed by atoms with Gasteiger partial charge in [0, 0.05) is 41.5 Å². The molecule has 0 spiro atoms. The highest BCUT2D eigenvalue weighted by atomic mass is 32.1. The molecule has 0 fully saturated rings. The molecule has 2 rings (SSSR count). The zero-order chi connectivity index (χ0) is 17.4. The maximum atomic E-state index is 4.50. The van der Waals surface area contributed by atoms with Crippen molar-refractivity contribution in [2.75, 3.05) is 20.1 Å². The summed E-state index contributed by atoms with van der Waals surface area (Å²) in [5.41, 5.74) is 1.24. The Labute approximate surface area is 153 Å². The van der Waals surface area contributed by atoms with Gasteiger partial charge in [-0.25, -0.2) is 4.98 Å². The minimum absolute atomic E-state index is 0.106. The summed E-state index contributed by atoms with van der Waals surface area (Å²) in [6.07, 6.45) is 3.34. The van der Waals surface area contributed by atoms with E-state index in [0.29, 0.717) is 0 Å². The Hall–Kier alpha value is -1.40. The van der Waals surface area contributed by atoms with Gasteiger partial charge in [0.2, 0.25) is 0 Å². The van der Waals surface area contributed by atoms with Gasteiger partial charge in [0.05, 0.1) is 5.01 Å². The van der Waals surface area contributed by atoms with Crippen molar-refractivity contribution in [3.05, 3.63) is 38.5 Å². The molecule has 0 saturated heterocycles. The SMILES string of the molecule is CN=C(NCCCCc1nc(C)cs1)NCC(C)(C)c1cccs1. The number of hydrogen-bond acceptors (Lipinski definition) is 4. The van der Waals surface area contributed by atoms with Gasteiger partial charge in [-0.1, -0.05) is 19.9 Å². The second kappa shape index (κ2) is 9.18. The quantitative estimate of drug-likeness (QED) is 0.423. The van der Waals surface area contributed by atoms with Crippen LogP contribution >= 0.6 is 22.7 Å². The minimum Gasteiger partial charge on any atom is -0.356 e. The predicted molar refractivity (Wildman–Crippen MR) is 106 cm³/mol. The first-order valence-electron chi connectivity index (χ1n) is 8.41. The van der Waals surface area contributed by atoms with Gasteiger partial charge in [0.25, 0.3) is 0 Å². The van der Waals surface area contributed by atoms with Crippen LogP contribution in [-0.2, 0) is 11.8 Å². The van der Waals surface area contributed by atoms with E-state index in [1.54, 1.807) is 11.3 Å². The Morgan fingerprint density at radius 3 is 2.71 bits per heavy atom. The Balaban J connectivity index is 1.65. The molecule has 0 amide bonds. The number of unbranched alkanes of at least 4 members (excludes halogenated alkanes) is 1. The zero-order valence-corrected chi connectivity index (χ0v) is 16.7. The van der Waals surface area contributed by atoms with Crippen molar-refractivity contribution < 1.29 is 0 Å². The number of aromatic nitrogens is 1. The fourth-order valence-electron chi connectivity index (χ4n) is 2.40. The van der Waals surface area contributed by atoms with E-state index in [0.717, 1.165) is 44.0 Å². The van der Waals surface area contributed by atoms with Crippen LogP contribution in [0.4, 0.5) is 0 Å². The second-order valence-electron chi connectivity index (χ2n) is 6.55. The lowest BCUT2D eigenvalue weighted by molar-refractivity contribution is 0.518. The van der Waals surface area contributed by atoms with Crippen LogP contribution in [0.3, 0.4) is 0 Å². The number of aliphatic imine (C=N–C) groups is 1. The van der Waals surface area contributed by atoms with Crippen molar-refractivity contribution in [3.63, 3.8) is 0 Å². The van der Waals surface area contributed by atoms with Gasteiger partial charge in [-0.3, -0.25) is 4.99 Å². The first-order chi connectivity index (χ1) is 11.5. The number of guanidine groups is 1. The van der Waals surface area contributed by atoms with E-state index in [-0.39, 0.29) is 5.41 Å². The summed E-state index contributed by atoms with van der Waals surface area (Å²) in [5, 5.41) is 12.3. The third kappa shape index (κ3) is 5.91. The summed E-state index contributed by atoms with van der Waals surface area (Å²) in [7, 11) is 1.83. The molecule has 132 valence electrons. The Morgan fingerprint density at radius 2 is 2.08 bits per heavy atom. The highest BCUT2D eigenvalue weighted by Crippen LogP contribution is 2.26. The Bertz CT molecular complexity index is 629. The third-order valence-corrected chi connectivity index (χ3v) is 6.15. The number of thiazole rings is 1. The molecule has 2 aromatic heterocycles. The summed E-state index contributed by atoms with van der Waals surface area (Å²) >= 11 is 3.57. The van der Waals surface area contributed by atoms with E-state index in [9.17, 15) is 0 Å². The van der Waals surface area contributed by atoms with Gasteiger partial charge in [-0.05, 0) is 37.6 Å². The lowest BCUT2D eigenvalue weighted by atomic mass is 9.91. The van der Waals surface area contributed by atoms with Crippen LogP contribution in [0.25, 0.3) is 0 Å². The highest BCUT2D eigenvalue weighted by molar-refractivity contribution is 7.10. The van der Waals surface area contributed by atoms with Crippen molar-refractivity contribution in [3.8, 4) is 0 Å². The molecule has 2 N–H and O–H groups in total. The molecule has 2 aromatic rings. The largest absolute Gasteiger partial charge is 0.356 e. The molecule has 0 saturated carbocycles. The molecule has 0 aliphatic carbocycles. The van der Waals surface area contributed by atoms with E-state index >= 15 is 0 Å². The lowest BCUT2D eigenvalue weighted by Crippen LogP contribution is -2.43. The van der Waals surface area contributed by atoms with Crippen LogP contribution in [-0.4, -0.2) is 31.1 Å². The monoisotopic (exact) mass is 364 g/mol. The van der Waals surface area contributed by atoms with E-state index in [4.69, 9.17) is 0 Å². The summed E-state index contributed by atoms with van der Waals surface area (Å²) in [5.74, 6) is 0.879. The molecule has 0 bridgehead atoms. The van der Waals surface area contributed by atoms with Crippen molar-refractivity contribution in [2.24, 2.45) is 4.99 Å². The molecular weight excluding hydrogens is 336 g/mol. The average molecular weight is 365 g/mol. The fraction of sp³-hybridized carbons (Fsp3) is 0.556. The van der Waals surface area contributed by atoms with Gasteiger partial charge in [-0.2, -0.15) is 0 Å². The molecule has 0 aliphatic heterocycles. The predicted octanol–water partition coefficient (Wildman–Crippen LogP) is 3.98. The fourth-order valence-corrected chi connectivity index (χ4v) is 4.07. The van der Waals surface area contributed by atoms with Crippen molar-refractivity contribution in [1.29, 1.82) is 0 Å². The molecular formula is C18H28N4S2. The Kier molecular flexibility index (Phi) is 7.24. The lowest BCUT2D eigenvalue weighted by Gasteiger charge is -2.25. The van der Waals surface area contributed by atoms with Crippen molar-refractivity contribution in [2.45, 2.75) is 45.4 Å². The molecule has 0 unspecified atom stereocenters. The maximum absolute atomic E-state index is 4.50. The number of rotatable bonds is 8. The number of nitrogens with one attached hydrogen (secondary N) is 2. The van der Waals surface area contributed by atoms with E-state index in [2.05, 4.69) is 64.3 Å². The first kappa shape index (κ1) is 18.9. The number of thiophene rings is 1. The van der Waals surface area contributed by atoms with Crippen LogP contribution in [0.1, 0.15) is 42.3 Å². The first-order valence-corrected chi connectivity index (χ1v) is 10.2. The Morgan fingerprint density at radius 1 is 1.25 bits per heavy atom. The van der Waals surface area contributed by atoms with Gasteiger partial charge in [0.15, 0.2) is 5.96 Å². The molecule has 0 atom stereocenters. The molecule has 0 radical (unpaired) electrons. The molecule has 6 heteroatoms. The van der Waals surface area contributed by atoms with Crippen LogP contribution in [0.2, 0.25) is 0 Å². The summed E-state index contributed by atoms with van der Waals surface area (Å²) in [6, 6.07) is 4.31.